The molecule has 1 heterocycles. The predicted molar refractivity (Wildman–Crippen MR) is 118 cm³/mol. The fourth-order valence-corrected chi connectivity index (χ4v) is 4.88. The highest BCUT2D eigenvalue weighted by Crippen LogP contribution is 2.41. The lowest BCUT2D eigenvalue weighted by atomic mass is 9.74. The molecule has 1 fully saturated rings. The molecule has 1 aliphatic heterocycles. The number of carbonyl (C=O) groups excluding carboxylic acids is 1. The van der Waals surface area contributed by atoms with Crippen LogP contribution in [-0.4, -0.2) is 17.5 Å². The van der Waals surface area contributed by atoms with E-state index in [1.54, 1.807) is 0 Å². The minimum absolute atomic E-state index is 0.0155. The van der Waals surface area contributed by atoms with E-state index in [1.807, 2.05) is 4.90 Å². The second-order valence-corrected chi connectivity index (χ2v) is 9.17. The van der Waals surface area contributed by atoms with Crippen LogP contribution < -0.4 is 5.32 Å². The van der Waals surface area contributed by atoms with Crippen LogP contribution in [0.25, 0.3) is 0 Å². The van der Waals surface area contributed by atoms with Crippen molar-refractivity contribution in [3.8, 4) is 0 Å². The van der Waals surface area contributed by atoms with Crippen molar-refractivity contribution in [2.45, 2.75) is 78.2 Å². The smallest absolute Gasteiger partial charge is 0.322 e. The first kappa shape index (κ1) is 21.2. The molecule has 0 aromatic heterocycles. The summed E-state index contributed by atoms with van der Waals surface area (Å²) in [4.78, 5) is 14.6. The summed E-state index contributed by atoms with van der Waals surface area (Å²) in [5.41, 5.74) is 3.10. The lowest BCUT2D eigenvalue weighted by Gasteiger charge is -2.44. The molecule has 1 aromatic rings. The average molecular weight is 403 g/mol. The number of aryl methyl sites for hydroxylation is 1. The molecule has 2 aliphatic rings. The first-order valence-electron chi connectivity index (χ1n) is 11.0. The van der Waals surface area contributed by atoms with Crippen LogP contribution in [-0.2, 0) is 12.0 Å². The molecular formula is C24H35ClN2O. The second-order valence-electron chi connectivity index (χ2n) is 8.76. The second kappa shape index (κ2) is 8.90. The Bertz CT molecular complexity index is 738. The number of hydrogen-bond donors (Lipinski definition) is 1. The molecule has 0 radical (unpaired) electrons. The number of benzene rings is 1. The average Bonchev–Trinajstić information content (AvgIpc) is 2.63. The molecule has 3 nitrogen and oxygen atoms in total. The highest BCUT2D eigenvalue weighted by molar-refractivity contribution is 6.31. The standard InChI is InChI=1S/C24H35ClN2O/c1-5-14-27-16-21(17(3)4)24(6-2,26-23(27)28)20-13-12-19(22(25)15-20)11-10-18-8-7-9-18/h12-13,15-18H,5-11,14H2,1-4H3,(H,26,28)/t24-/m1/s1. The Morgan fingerprint density at radius 2 is 2.04 bits per heavy atom. The van der Waals surface area contributed by atoms with Crippen LogP contribution in [0.2, 0.25) is 5.02 Å². The quantitative estimate of drug-likeness (QED) is 0.518. The third kappa shape index (κ3) is 4.10. The first-order valence-corrected chi connectivity index (χ1v) is 11.4. The van der Waals surface area contributed by atoms with Gasteiger partial charge in [0.1, 0.15) is 0 Å². The van der Waals surface area contributed by atoms with Gasteiger partial charge < -0.3 is 10.2 Å². The van der Waals surface area contributed by atoms with E-state index in [4.69, 9.17) is 11.6 Å². The van der Waals surface area contributed by atoms with Gasteiger partial charge in [-0.2, -0.15) is 0 Å². The molecule has 1 aliphatic carbocycles. The molecule has 1 saturated carbocycles. The molecule has 28 heavy (non-hydrogen) atoms. The summed E-state index contributed by atoms with van der Waals surface area (Å²) in [6, 6.07) is 6.43. The number of nitrogens with zero attached hydrogens (tertiary/aromatic N) is 1. The maximum atomic E-state index is 12.8. The zero-order valence-electron chi connectivity index (χ0n) is 17.9. The maximum Gasteiger partial charge on any atom is 0.322 e. The van der Waals surface area contributed by atoms with E-state index >= 15 is 0 Å². The Kier molecular flexibility index (Phi) is 6.75. The molecule has 0 bridgehead atoms. The van der Waals surface area contributed by atoms with Gasteiger partial charge in [-0.05, 0) is 60.3 Å². The third-order valence-corrected chi connectivity index (χ3v) is 6.93. The van der Waals surface area contributed by atoms with E-state index in [1.165, 1.54) is 36.8 Å². The van der Waals surface area contributed by atoms with Crippen LogP contribution in [0, 0.1) is 11.8 Å². The van der Waals surface area contributed by atoms with Crippen molar-refractivity contribution in [3.05, 3.63) is 46.1 Å². The topological polar surface area (TPSA) is 32.3 Å². The third-order valence-electron chi connectivity index (χ3n) is 6.58. The molecule has 0 spiro atoms. The van der Waals surface area contributed by atoms with Crippen LogP contribution in [0.3, 0.4) is 0 Å². The van der Waals surface area contributed by atoms with Crippen molar-refractivity contribution in [2.24, 2.45) is 11.8 Å². The summed E-state index contributed by atoms with van der Waals surface area (Å²) >= 11 is 6.71. The minimum Gasteiger partial charge on any atom is -0.324 e. The molecule has 0 saturated heterocycles. The van der Waals surface area contributed by atoms with E-state index in [-0.39, 0.29) is 6.03 Å². The number of rotatable bonds is 8. The summed E-state index contributed by atoms with van der Waals surface area (Å²) in [6.45, 7) is 9.38. The van der Waals surface area contributed by atoms with E-state index in [0.717, 1.165) is 42.3 Å². The van der Waals surface area contributed by atoms with E-state index < -0.39 is 5.54 Å². The maximum absolute atomic E-state index is 12.8. The molecule has 4 heteroatoms. The number of halogens is 1. The van der Waals surface area contributed by atoms with E-state index in [9.17, 15) is 4.79 Å². The van der Waals surface area contributed by atoms with Gasteiger partial charge in [-0.1, -0.05) is 70.7 Å². The first-order chi connectivity index (χ1) is 13.4. The molecular weight excluding hydrogens is 368 g/mol. The zero-order chi connectivity index (χ0) is 20.3. The van der Waals surface area contributed by atoms with Gasteiger partial charge in [0.2, 0.25) is 0 Å². The summed E-state index contributed by atoms with van der Waals surface area (Å²) in [7, 11) is 0. The molecule has 3 rings (SSSR count). The van der Waals surface area contributed by atoms with E-state index in [0.29, 0.717) is 5.92 Å². The van der Waals surface area contributed by atoms with Crippen molar-refractivity contribution in [2.75, 3.05) is 6.54 Å². The van der Waals surface area contributed by atoms with Gasteiger partial charge >= 0.3 is 6.03 Å². The minimum atomic E-state index is -0.481. The number of nitrogens with one attached hydrogen (secondary N) is 1. The number of hydrogen-bond acceptors (Lipinski definition) is 1. The summed E-state index contributed by atoms with van der Waals surface area (Å²) in [5, 5.41) is 4.17. The Balaban J connectivity index is 1.92. The fraction of sp³-hybridized carbons (Fsp3) is 0.625. The van der Waals surface area contributed by atoms with Gasteiger partial charge in [0.25, 0.3) is 0 Å². The van der Waals surface area contributed by atoms with Gasteiger partial charge in [-0.25, -0.2) is 4.79 Å². The molecule has 1 aromatic carbocycles. The Labute approximate surface area is 175 Å². The highest BCUT2D eigenvalue weighted by Gasteiger charge is 2.42. The summed E-state index contributed by atoms with van der Waals surface area (Å²) in [6.07, 6.45) is 10.2. The van der Waals surface area contributed by atoms with Crippen molar-refractivity contribution in [1.29, 1.82) is 0 Å². The number of carbonyl (C=O) groups is 1. The predicted octanol–water partition coefficient (Wildman–Crippen LogP) is 6.65. The Morgan fingerprint density at radius 1 is 1.29 bits per heavy atom. The normalized spacial score (nSPS) is 22.9. The molecule has 2 amide bonds. The van der Waals surface area contributed by atoms with Crippen LogP contribution in [0.4, 0.5) is 4.79 Å². The molecule has 0 unspecified atom stereocenters. The van der Waals surface area contributed by atoms with Crippen molar-refractivity contribution in [1.82, 2.24) is 10.2 Å². The van der Waals surface area contributed by atoms with Gasteiger partial charge in [0.15, 0.2) is 0 Å². The van der Waals surface area contributed by atoms with Crippen molar-refractivity contribution >= 4 is 17.6 Å². The SMILES string of the molecule is CCCN1C=C(C(C)C)[C@@](CC)(c2ccc(CCC3CCC3)c(Cl)c2)NC1=O. The largest absolute Gasteiger partial charge is 0.324 e. The van der Waals surface area contributed by atoms with E-state index in [2.05, 4.69) is 57.4 Å². The summed E-state index contributed by atoms with van der Waals surface area (Å²) in [5.74, 6) is 1.22. The number of amides is 2. The van der Waals surface area contributed by atoms with Gasteiger partial charge in [0, 0.05) is 17.8 Å². The lowest BCUT2D eigenvalue weighted by Crippen LogP contribution is -2.56. The van der Waals surface area contributed by atoms with Crippen molar-refractivity contribution < 1.29 is 4.79 Å². The van der Waals surface area contributed by atoms with Crippen LogP contribution >= 0.6 is 11.6 Å². The Morgan fingerprint density at radius 3 is 2.57 bits per heavy atom. The zero-order valence-corrected chi connectivity index (χ0v) is 18.6. The Hall–Kier alpha value is -1.48. The molecule has 154 valence electrons. The van der Waals surface area contributed by atoms with Crippen LogP contribution in [0.1, 0.15) is 77.3 Å². The van der Waals surface area contributed by atoms with Crippen molar-refractivity contribution in [3.63, 3.8) is 0 Å². The summed E-state index contributed by atoms with van der Waals surface area (Å²) < 4.78 is 0. The van der Waals surface area contributed by atoms with Crippen LogP contribution in [0.15, 0.2) is 30.0 Å². The van der Waals surface area contributed by atoms with Gasteiger partial charge in [-0.15, -0.1) is 0 Å². The monoisotopic (exact) mass is 402 g/mol. The van der Waals surface area contributed by atoms with Gasteiger partial charge in [-0.3, -0.25) is 0 Å². The van der Waals surface area contributed by atoms with Gasteiger partial charge in [0.05, 0.1) is 5.54 Å². The molecule has 1 atom stereocenters. The fourth-order valence-electron chi connectivity index (χ4n) is 4.60. The molecule has 1 N–H and O–H groups in total. The highest BCUT2D eigenvalue weighted by atomic mass is 35.5. The van der Waals surface area contributed by atoms with Crippen LogP contribution in [0.5, 0.6) is 0 Å². The number of urea groups is 1. The lowest BCUT2D eigenvalue weighted by molar-refractivity contribution is 0.189.